The Morgan fingerprint density at radius 2 is 0.732 bits per heavy atom. The van der Waals surface area contributed by atoms with Crippen LogP contribution >= 0.6 is 0 Å². The summed E-state index contributed by atoms with van der Waals surface area (Å²) in [6, 6.07) is 77.2. The highest BCUT2D eigenvalue weighted by Crippen LogP contribution is 2.58. The summed E-state index contributed by atoms with van der Waals surface area (Å²) in [5.41, 5.74) is 12.7. The molecule has 8 aromatic carbocycles. The third-order valence-corrected chi connectivity index (χ3v) is 10.8. The van der Waals surface area contributed by atoms with Gasteiger partial charge in [0.15, 0.2) is 17.5 Å². The van der Waals surface area contributed by atoms with E-state index in [9.17, 15) is 0 Å². The molecule has 0 spiro atoms. The number of rotatable bonds is 7. The van der Waals surface area contributed by atoms with Crippen LogP contribution in [-0.2, 0) is 5.41 Å². The van der Waals surface area contributed by atoms with Gasteiger partial charge >= 0.3 is 0 Å². The topological polar surface area (TPSA) is 41.9 Å². The van der Waals surface area contributed by atoms with E-state index in [1.54, 1.807) is 0 Å². The number of para-hydroxylation sites is 2. The van der Waals surface area contributed by atoms with Crippen LogP contribution in [0.25, 0.3) is 45.3 Å². The summed E-state index contributed by atoms with van der Waals surface area (Å²) in [5, 5.41) is 0. The lowest BCUT2D eigenvalue weighted by Crippen LogP contribution is -2.37. The smallest absolute Gasteiger partial charge is 0.164 e. The van der Waals surface area contributed by atoms with Crippen molar-refractivity contribution in [3.63, 3.8) is 0 Å². The highest BCUT2D eigenvalue weighted by atomic mass is 15.2. The number of benzene rings is 8. The second kappa shape index (κ2) is 14.1. The summed E-state index contributed by atoms with van der Waals surface area (Å²) < 4.78 is 0. The van der Waals surface area contributed by atoms with Crippen molar-refractivity contribution in [2.24, 2.45) is 0 Å². The molecule has 0 atom stereocenters. The number of nitrogens with zero attached hydrogens (tertiary/aromatic N) is 4. The Morgan fingerprint density at radius 3 is 1.32 bits per heavy atom. The van der Waals surface area contributed by atoms with Gasteiger partial charge in [-0.2, -0.15) is 0 Å². The molecule has 264 valence electrons. The van der Waals surface area contributed by atoms with Gasteiger partial charge in [0.05, 0.1) is 16.8 Å². The minimum Gasteiger partial charge on any atom is -0.310 e. The second-order valence-corrected chi connectivity index (χ2v) is 14.0. The first-order valence-electron chi connectivity index (χ1n) is 19.0. The maximum atomic E-state index is 5.05. The predicted molar refractivity (Wildman–Crippen MR) is 228 cm³/mol. The van der Waals surface area contributed by atoms with E-state index >= 15 is 0 Å². The zero-order valence-electron chi connectivity index (χ0n) is 30.6. The van der Waals surface area contributed by atoms with Crippen LogP contribution in [0.4, 0.5) is 17.1 Å². The van der Waals surface area contributed by atoms with Crippen molar-refractivity contribution < 1.29 is 0 Å². The van der Waals surface area contributed by atoms with Crippen LogP contribution < -0.4 is 4.90 Å². The summed E-state index contributed by atoms with van der Waals surface area (Å²) in [7, 11) is 0. The van der Waals surface area contributed by atoms with Crippen molar-refractivity contribution >= 4 is 17.1 Å². The lowest BCUT2D eigenvalue weighted by molar-refractivity contribution is 0.731. The summed E-state index contributed by atoms with van der Waals surface area (Å²) in [6.45, 7) is 0. The lowest BCUT2D eigenvalue weighted by atomic mass is 9.62. The molecule has 0 fully saturated rings. The van der Waals surface area contributed by atoms with E-state index < -0.39 is 5.41 Å². The zero-order valence-corrected chi connectivity index (χ0v) is 30.6. The Balaban J connectivity index is 1.20. The molecule has 10 rings (SSSR count). The van der Waals surface area contributed by atoms with Gasteiger partial charge in [-0.3, -0.25) is 0 Å². The van der Waals surface area contributed by atoms with Gasteiger partial charge in [0.2, 0.25) is 0 Å². The average molecular weight is 717 g/mol. The summed E-state index contributed by atoms with van der Waals surface area (Å²) in [4.78, 5) is 17.4. The second-order valence-electron chi connectivity index (χ2n) is 14.0. The first-order chi connectivity index (χ1) is 27.8. The fourth-order valence-corrected chi connectivity index (χ4v) is 8.27. The number of hydrogen-bond acceptors (Lipinski definition) is 4. The Morgan fingerprint density at radius 1 is 0.304 bits per heavy atom. The normalized spacial score (nSPS) is 12.8. The minimum atomic E-state index is -0.600. The van der Waals surface area contributed by atoms with Gasteiger partial charge < -0.3 is 4.90 Å². The molecule has 2 heterocycles. The highest BCUT2D eigenvalue weighted by Gasteiger charge is 2.46. The van der Waals surface area contributed by atoms with Gasteiger partial charge in [0, 0.05) is 22.4 Å². The molecular formula is C52H36N4. The average Bonchev–Trinajstić information content (AvgIpc) is 3.29. The van der Waals surface area contributed by atoms with E-state index in [1.807, 2.05) is 60.7 Å². The molecule has 0 bridgehead atoms. The highest BCUT2D eigenvalue weighted by molar-refractivity contribution is 5.91. The van der Waals surface area contributed by atoms with Crippen LogP contribution in [-0.4, -0.2) is 15.0 Å². The van der Waals surface area contributed by atoms with Gasteiger partial charge in [0.1, 0.15) is 0 Å². The Bertz CT molecular complexity index is 2690. The Hall–Kier alpha value is -7.43. The van der Waals surface area contributed by atoms with E-state index in [-0.39, 0.29) is 0 Å². The minimum absolute atomic E-state index is 0.600. The fourth-order valence-electron chi connectivity index (χ4n) is 8.27. The monoisotopic (exact) mass is 716 g/mol. The molecule has 0 radical (unpaired) electrons. The summed E-state index contributed by atoms with van der Waals surface area (Å²) in [6.07, 6.45) is 0. The zero-order chi connectivity index (χ0) is 37.3. The number of aromatic nitrogens is 3. The maximum Gasteiger partial charge on any atom is 0.164 e. The molecule has 4 heteroatoms. The lowest BCUT2D eigenvalue weighted by Gasteiger charge is -2.46. The van der Waals surface area contributed by atoms with E-state index in [1.165, 1.54) is 22.3 Å². The van der Waals surface area contributed by atoms with Crippen molar-refractivity contribution in [3.05, 3.63) is 241 Å². The van der Waals surface area contributed by atoms with E-state index in [0.717, 1.165) is 44.9 Å². The van der Waals surface area contributed by atoms with Crippen LogP contribution in [0.1, 0.15) is 22.3 Å². The third kappa shape index (κ3) is 5.67. The summed E-state index contributed by atoms with van der Waals surface area (Å²) in [5.74, 6) is 1.91. The van der Waals surface area contributed by atoms with Crippen LogP contribution in [0.3, 0.4) is 0 Å². The molecule has 4 nitrogen and oxygen atoms in total. The molecule has 0 unspecified atom stereocenters. The maximum absolute atomic E-state index is 5.05. The SMILES string of the molecule is c1ccc(-c2nc(-c3ccccc3)nc(-c3cccc(-c4ccc5c(c4)C(c4ccccc4)(c4ccccc4)c4ccccc4N5c4ccccc4)c3)n2)cc1. The first-order valence-corrected chi connectivity index (χ1v) is 19.0. The molecule has 1 aliphatic rings. The quantitative estimate of drug-likeness (QED) is 0.165. The van der Waals surface area contributed by atoms with Gasteiger partial charge in [-0.25, -0.2) is 15.0 Å². The van der Waals surface area contributed by atoms with E-state index in [0.29, 0.717) is 17.5 Å². The van der Waals surface area contributed by atoms with Crippen LogP contribution in [0.15, 0.2) is 218 Å². The molecule has 9 aromatic rings. The van der Waals surface area contributed by atoms with Crippen LogP contribution in [0.5, 0.6) is 0 Å². The third-order valence-electron chi connectivity index (χ3n) is 10.8. The molecule has 0 N–H and O–H groups in total. The standard InChI is InChI=1S/C52H36N4/c1-6-19-37(20-7-1)49-53-50(38-21-8-2-9-22-38)55-51(54-49)41-24-18-23-39(35-41)40-33-34-48-46(36-40)52(42-25-10-3-11-26-42,43-27-12-4-13-28-43)45-31-16-17-32-47(45)56(48)44-29-14-5-15-30-44/h1-36H. The van der Waals surface area contributed by atoms with Crippen molar-refractivity contribution in [1.82, 2.24) is 15.0 Å². The molecule has 0 saturated carbocycles. The number of fused-ring (bicyclic) bond motifs is 2. The molecule has 0 saturated heterocycles. The molecule has 0 aliphatic carbocycles. The molecule has 1 aromatic heterocycles. The van der Waals surface area contributed by atoms with E-state index in [2.05, 4.69) is 163 Å². The van der Waals surface area contributed by atoms with E-state index in [4.69, 9.17) is 15.0 Å². The fraction of sp³-hybridized carbons (Fsp3) is 0.0192. The molecule has 56 heavy (non-hydrogen) atoms. The molecule has 0 amide bonds. The number of anilines is 3. The Labute approximate surface area is 327 Å². The van der Waals surface area contributed by atoms with Gasteiger partial charge in [-0.05, 0) is 69.8 Å². The van der Waals surface area contributed by atoms with Crippen LogP contribution in [0.2, 0.25) is 0 Å². The largest absolute Gasteiger partial charge is 0.310 e. The van der Waals surface area contributed by atoms with Crippen molar-refractivity contribution in [1.29, 1.82) is 0 Å². The van der Waals surface area contributed by atoms with Gasteiger partial charge in [-0.1, -0.05) is 182 Å². The predicted octanol–water partition coefficient (Wildman–Crippen LogP) is 12.7. The molecule has 1 aliphatic heterocycles. The molecular weight excluding hydrogens is 681 g/mol. The van der Waals surface area contributed by atoms with Crippen molar-refractivity contribution in [2.75, 3.05) is 4.90 Å². The van der Waals surface area contributed by atoms with Crippen molar-refractivity contribution in [2.45, 2.75) is 5.41 Å². The van der Waals surface area contributed by atoms with Gasteiger partial charge in [-0.15, -0.1) is 0 Å². The first kappa shape index (κ1) is 33.2. The van der Waals surface area contributed by atoms with Gasteiger partial charge in [0.25, 0.3) is 0 Å². The number of hydrogen-bond donors (Lipinski definition) is 0. The summed E-state index contributed by atoms with van der Waals surface area (Å²) >= 11 is 0. The Kier molecular flexibility index (Phi) is 8.34. The van der Waals surface area contributed by atoms with Crippen molar-refractivity contribution in [3.8, 4) is 45.3 Å². The van der Waals surface area contributed by atoms with Crippen LogP contribution in [0, 0.1) is 0 Å².